The summed E-state index contributed by atoms with van der Waals surface area (Å²) >= 11 is 0. The number of hydrogen-bond donors (Lipinski definition) is 1. The maximum atomic E-state index is 5.87. The number of nitrogens with zero attached hydrogens (tertiary/aromatic N) is 1. The second-order valence-electron chi connectivity index (χ2n) is 6.94. The van der Waals surface area contributed by atoms with Crippen molar-refractivity contribution >= 4 is 0 Å². The minimum absolute atomic E-state index is 0.460. The number of nitrogens with two attached hydrogens (primary N) is 1. The van der Waals surface area contributed by atoms with Crippen LogP contribution in [0.4, 0.5) is 0 Å². The molecule has 0 aromatic carbocycles. The fraction of sp³-hybridized carbons (Fsp3) is 1.00. The standard InChI is InChI=1S/C14H28N2/c1-14(2,3)11-5-4-6-13(8-7-11)16-9-12(15)10-16/h11-13H,4-10,15H2,1-3H3. The molecule has 2 atom stereocenters. The van der Waals surface area contributed by atoms with Crippen LogP contribution in [0.2, 0.25) is 0 Å². The highest BCUT2D eigenvalue weighted by atomic mass is 15.2. The summed E-state index contributed by atoms with van der Waals surface area (Å²) in [6, 6.07) is 1.30. The molecule has 0 bridgehead atoms. The van der Waals surface area contributed by atoms with Crippen LogP contribution in [0.25, 0.3) is 0 Å². The Kier molecular flexibility index (Phi) is 3.60. The molecule has 1 aliphatic heterocycles. The molecule has 2 N–H and O–H groups in total. The molecule has 1 heterocycles. The third-order valence-electron chi connectivity index (χ3n) is 4.62. The van der Waals surface area contributed by atoms with Crippen molar-refractivity contribution in [1.29, 1.82) is 0 Å². The van der Waals surface area contributed by atoms with E-state index >= 15 is 0 Å². The molecule has 2 unspecified atom stereocenters. The van der Waals surface area contributed by atoms with Crippen LogP contribution >= 0.6 is 0 Å². The Morgan fingerprint density at radius 1 is 1.00 bits per heavy atom. The Labute approximate surface area is 101 Å². The molecular weight excluding hydrogens is 196 g/mol. The molecule has 2 aliphatic rings. The first-order chi connectivity index (χ1) is 7.47. The molecule has 0 spiro atoms. The molecule has 0 aromatic heterocycles. The summed E-state index contributed by atoms with van der Waals surface area (Å²) in [6.45, 7) is 9.49. The highest BCUT2D eigenvalue weighted by Crippen LogP contribution is 2.38. The van der Waals surface area contributed by atoms with Gasteiger partial charge in [-0.15, -0.1) is 0 Å². The van der Waals surface area contributed by atoms with Crippen molar-refractivity contribution in [3.05, 3.63) is 0 Å². The molecule has 2 heteroatoms. The quantitative estimate of drug-likeness (QED) is 0.694. The van der Waals surface area contributed by atoms with Gasteiger partial charge in [0.2, 0.25) is 0 Å². The third-order valence-corrected chi connectivity index (χ3v) is 4.62. The largest absolute Gasteiger partial charge is 0.325 e. The molecule has 94 valence electrons. The zero-order chi connectivity index (χ0) is 11.8. The van der Waals surface area contributed by atoms with Gasteiger partial charge in [-0.2, -0.15) is 0 Å². The Morgan fingerprint density at radius 3 is 2.25 bits per heavy atom. The van der Waals surface area contributed by atoms with Crippen LogP contribution in [0.5, 0.6) is 0 Å². The summed E-state index contributed by atoms with van der Waals surface area (Å²) < 4.78 is 0. The normalized spacial score (nSPS) is 34.5. The molecule has 0 amide bonds. The summed E-state index contributed by atoms with van der Waals surface area (Å²) in [4.78, 5) is 2.61. The summed E-state index contributed by atoms with van der Waals surface area (Å²) in [5.74, 6) is 0.924. The van der Waals surface area contributed by atoms with E-state index in [1.165, 1.54) is 32.1 Å². The molecular formula is C14H28N2. The Morgan fingerprint density at radius 2 is 1.69 bits per heavy atom. The van der Waals surface area contributed by atoms with E-state index < -0.39 is 0 Å². The molecule has 2 nitrogen and oxygen atoms in total. The summed E-state index contributed by atoms with van der Waals surface area (Å²) in [6.07, 6.45) is 7.06. The molecule has 0 aromatic rings. The number of hydrogen-bond acceptors (Lipinski definition) is 2. The average molecular weight is 224 g/mol. The van der Waals surface area contributed by atoms with Crippen molar-refractivity contribution < 1.29 is 0 Å². The molecule has 2 fully saturated rings. The number of rotatable bonds is 1. The fourth-order valence-electron chi connectivity index (χ4n) is 3.36. The first kappa shape index (κ1) is 12.4. The first-order valence-corrected chi connectivity index (χ1v) is 6.96. The molecule has 16 heavy (non-hydrogen) atoms. The SMILES string of the molecule is CC(C)(C)C1CCCC(N2CC(N)C2)CC1. The fourth-order valence-corrected chi connectivity index (χ4v) is 3.36. The Hall–Kier alpha value is -0.0800. The lowest BCUT2D eigenvalue weighted by Gasteiger charge is -2.42. The zero-order valence-electron chi connectivity index (χ0n) is 11.2. The molecule has 1 saturated carbocycles. The first-order valence-electron chi connectivity index (χ1n) is 6.96. The second-order valence-corrected chi connectivity index (χ2v) is 6.94. The van der Waals surface area contributed by atoms with Crippen molar-refractivity contribution in [3.8, 4) is 0 Å². The van der Waals surface area contributed by atoms with Gasteiger partial charge in [0, 0.05) is 25.2 Å². The Balaban J connectivity index is 1.84. The van der Waals surface area contributed by atoms with Crippen LogP contribution in [0.15, 0.2) is 0 Å². The lowest BCUT2D eigenvalue weighted by atomic mass is 9.76. The van der Waals surface area contributed by atoms with Gasteiger partial charge in [-0.1, -0.05) is 27.2 Å². The van der Waals surface area contributed by atoms with E-state index in [0.29, 0.717) is 11.5 Å². The van der Waals surface area contributed by atoms with Gasteiger partial charge in [-0.25, -0.2) is 0 Å². The predicted molar refractivity (Wildman–Crippen MR) is 69.4 cm³/mol. The van der Waals surface area contributed by atoms with Crippen LogP contribution in [0, 0.1) is 11.3 Å². The lowest BCUT2D eigenvalue weighted by Crippen LogP contribution is -2.59. The van der Waals surface area contributed by atoms with E-state index in [9.17, 15) is 0 Å². The smallest absolute Gasteiger partial charge is 0.0297 e. The highest BCUT2D eigenvalue weighted by Gasteiger charge is 2.33. The molecule has 1 saturated heterocycles. The maximum absolute atomic E-state index is 5.87. The highest BCUT2D eigenvalue weighted by molar-refractivity contribution is 4.90. The van der Waals surface area contributed by atoms with Crippen molar-refractivity contribution in [2.24, 2.45) is 17.1 Å². The van der Waals surface area contributed by atoms with Crippen molar-refractivity contribution in [3.63, 3.8) is 0 Å². The van der Waals surface area contributed by atoms with Gasteiger partial charge in [0.1, 0.15) is 0 Å². The van der Waals surface area contributed by atoms with Gasteiger partial charge >= 0.3 is 0 Å². The van der Waals surface area contributed by atoms with Crippen molar-refractivity contribution in [2.75, 3.05) is 13.1 Å². The van der Waals surface area contributed by atoms with Crippen LogP contribution < -0.4 is 5.73 Å². The van der Waals surface area contributed by atoms with E-state index in [1.54, 1.807) is 0 Å². The second kappa shape index (κ2) is 4.66. The third kappa shape index (κ3) is 2.78. The topological polar surface area (TPSA) is 29.3 Å². The molecule has 1 aliphatic carbocycles. The minimum Gasteiger partial charge on any atom is -0.325 e. The summed E-state index contributed by atoms with van der Waals surface area (Å²) in [5, 5.41) is 0. The van der Waals surface area contributed by atoms with Crippen LogP contribution in [-0.2, 0) is 0 Å². The summed E-state index contributed by atoms with van der Waals surface area (Å²) in [7, 11) is 0. The van der Waals surface area contributed by atoms with Crippen LogP contribution in [-0.4, -0.2) is 30.1 Å². The lowest BCUT2D eigenvalue weighted by molar-refractivity contribution is 0.0824. The number of likely N-dealkylation sites (tertiary alicyclic amines) is 1. The van der Waals surface area contributed by atoms with Crippen LogP contribution in [0.1, 0.15) is 52.9 Å². The van der Waals surface area contributed by atoms with E-state index in [0.717, 1.165) is 25.0 Å². The monoisotopic (exact) mass is 224 g/mol. The Bertz CT molecular complexity index is 225. The molecule has 2 rings (SSSR count). The van der Waals surface area contributed by atoms with Gasteiger partial charge in [0.25, 0.3) is 0 Å². The van der Waals surface area contributed by atoms with E-state index in [2.05, 4.69) is 25.7 Å². The van der Waals surface area contributed by atoms with E-state index in [1.807, 2.05) is 0 Å². The van der Waals surface area contributed by atoms with Gasteiger partial charge in [-0.3, -0.25) is 4.90 Å². The van der Waals surface area contributed by atoms with Crippen LogP contribution in [0.3, 0.4) is 0 Å². The van der Waals surface area contributed by atoms with Gasteiger partial charge < -0.3 is 5.73 Å². The molecule has 0 radical (unpaired) electrons. The maximum Gasteiger partial charge on any atom is 0.0297 e. The van der Waals surface area contributed by atoms with E-state index in [-0.39, 0.29) is 0 Å². The van der Waals surface area contributed by atoms with Gasteiger partial charge in [0.05, 0.1) is 0 Å². The van der Waals surface area contributed by atoms with Crippen molar-refractivity contribution in [1.82, 2.24) is 4.90 Å². The minimum atomic E-state index is 0.460. The van der Waals surface area contributed by atoms with Gasteiger partial charge in [-0.05, 0) is 37.0 Å². The van der Waals surface area contributed by atoms with Gasteiger partial charge in [0.15, 0.2) is 0 Å². The van der Waals surface area contributed by atoms with Crippen molar-refractivity contribution in [2.45, 2.75) is 65.0 Å². The zero-order valence-corrected chi connectivity index (χ0v) is 11.2. The predicted octanol–water partition coefficient (Wildman–Crippen LogP) is 2.62. The average Bonchev–Trinajstić information content (AvgIpc) is 2.36. The van der Waals surface area contributed by atoms with E-state index in [4.69, 9.17) is 5.73 Å². The summed E-state index contributed by atoms with van der Waals surface area (Å²) in [5.41, 5.74) is 6.37.